The molecule has 1 amide bonds. The van der Waals surface area contributed by atoms with Gasteiger partial charge in [-0.2, -0.15) is 0 Å². The molecule has 27 heavy (non-hydrogen) atoms. The monoisotopic (exact) mass is 424 g/mol. The molecule has 0 unspecified atom stereocenters. The van der Waals surface area contributed by atoms with E-state index in [9.17, 15) is 13.2 Å². The number of aryl methyl sites for hydroxylation is 1. The van der Waals surface area contributed by atoms with Crippen molar-refractivity contribution in [1.82, 2.24) is 0 Å². The summed E-state index contributed by atoms with van der Waals surface area (Å²) >= 11 is 12.0. The average molecular weight is 425 g/mol. The molecule has 1 N–H and O–H groups in total. The molecule has 0 saturated heterocycles. The Morgan fingerprint density at radius 3 is 2.63 bits per heavy atom. The van der Waals surface area contributed by atoms with Crippen LogP contribution in [-0.4, -0.2) is 20.9 Å². The SMILES string of the molecule is O=C(C1CC1)N1CCCc2ccc(NS(=O)(=O)c3cc(Cl)ccc3Cl)cc21. The number of anilines is 2. The van der Waals surface area contributed by atoms with E-state index < -0.39 is 10.0 Å². The van der Waals surface area contributed by atoms with Gasteiger partial charge in [0.1, 0.15) is 4.90 Å². The summed E-state index contributed by atoms with van der Waals surface area (Å²) in [6.45, 7) is 0.665. The molecule has 2 aliphatic rings. The van der Waals surface area contributed by atoms with Crippen LogP contribution in [0.2, 0.25) is 10.0 Å². The minimum Gasteiger partial charge on any atom is -0.312 e. The summed E-state index contributed by atoms with van der Waals surface area (Å²) in [7, 11) is -3.90. The molecule has 2 aromatic carbocycles. The Morgan fingerprint density at radius 2 is 1.89 bits per heavy atom. The van der Waals surface area contributed by atoms with E-state index in [1.165, 1.54) is 18.2 Å². The van der Waals surface area contributed by atoms with E-state index in [4.69, 9.17) is 23.2 Å². The molecule has 0 bridgehead atoms. The molecule has 0 radical (unpaired) electrons. The van der Waals surface area contributed by atoms with Crippen molar-refractivity contribution in [1.29, 1.82) is 0 Å². The van der Waals surface area contributed by atoms with Crippen LogP contribution in [0.3, 0.4) is 0 Å². The molecule has 1 fully saturated rings. The fourth-order valence-electron chi connectivity index (χ4n) is 3.31. The molecular weight excluding hydrogens is 407 g/mol. The van der Waals surface area contributed by atoms with Crippen molar-refractivity contribution >= 4 is 50.5 Å². The molecular formula is C19H18Cl2N2O3S. The van der Waals surface area contributed by atoms with Crippen LogP contribution in [0, 0.1) is 5.92 Å². The van der Waals surface area contributed by atoms with Gasteiger partial charge in [0.25, 0.3) is 10.0 Å². The van der Waals surface area contributed by atoms with Gasteiger partial charge in [0, 0.05) is 23.2 Å². The van der Waals surface area contributed by atoms with Gasteiger partial charge in [-0.15, -0.1) is 0 Å². The van der Waals surface area contributed by atoms with Gasteiger partial charge in [-0.25, -0.2) is 8.42 Å². The molecule has 1 heterocycles. The number of hydrogen-bond acceptors (Lipinski definition) is 3. The van der Waals surface area contributed by atoms with Gasteiger partial charge in [-0.05, 0) is 61.6 Å². The highest BCUT2D eigenvalue weighted by Crippen LogP contribution is 2.37. The maximum atomic E-state index is 12.7. The van der Waals surface area contributed by atoms with Gasteiger partial charge >= 0.3 is 0 Å². The Kier molecular flexibility index (Phi) is 4.82. The maximum absolute atomic E-state index is 12.7. The zero-order chi connectivity index (χ0) is 19.2. The minimum atomic E-state index is -3.90. The van der Waals surface area contributed by atoms with Gasteiger partial charge in [0.15, 0.2) is 0 Å². The number of benzene rings is 2. The first kappa shape index (κ1) is 18.6. The van der Waals surface area contributed by atoms with Crippen molar-refractivity contribution in [3.63, 3.8) is 0 Å². The summed E-state index contributed by atoms with van der Waals surface area (Å²) < 4.78 is 28.0. The summed E-state index contributed by atoms with van der Waals surface area (Å²) in [5, 5.41) is 0.377. The third-order valence-electron chi connectivity index (χ3n) is 4.83. The Hall–Kier alpha value is -1.76. The lowest BCUT2D eigenvalue weighted by Crippen LogP contribution is -2.36. The van der Waals surface area contributed by atoms with Crippen LogP contribution in [0.4, 0.5) is 11.4 Å². The molecule has 1 aliphatic carbocycles. The molecule has 4 rings (SSSR count). The number of sulfonamides is 1. The van der Waals surface area contributed by atoms with E-state index in [1.54, 1.807) is 17.0 Å². The number of hydrogen-bond donors (Lipinski definition) is 1. The lowest BCUT2D eigenvalue weighted by Gasteiger charge is -2.30. The average Bonchev–Trinajstić information content (AvgIpc) is 3.47. The predicted molar refractivity (Wildman–Crippen MR) is 107 cm³/mol. The molecule has 1 aliphatic heterocycles. The van der Waals surface area contributed by atoms with Crippen molar-refractivity contribution < 1.29 is 13.2 Å². The Morgan fingerprint density at radius 1 is 1.11 bits per heavy atom. The summed E-state index contributed by atoms with van der Waals surface area (Å²) in [6.07, 6.45) is 3.65. The van der Waals surface area contributed by atoms with Crippen LogP contribution in [0.25, 0.3) is 0 Å². The van der Waals surface area contributed by atoms with Gasteiger partial charge in [0.05, 0.1) is 10.7 Å². The molecule has 0 atom stereocenters. The number of nitrogens with one attached hydrogen (secondary N) is 1. The van der Waals surface area contributed by atoms with E-state index in [0.717, 1.165) is 36.9 Å². The molecule has 0 aromatic heterocycles. The van der Waals surface area contributed by atoms with Crippen molar-refractivity contribution in [2.24, 2.45) is 5.92 Å². The van der Waals surface area contributed by atoms with Gasteiger partial charge in [0.2, 0.25) is 5.91 Å². The molecule has 5 nitrogen and oxygen atoms in total. The quantitative estimate of drug-likeness (QED) is 0.786. The molecule has 1 saturated carbocycles. The van der Waals surface area contributed by atoms with Crippen molar-refractivity contribution in [3.05, 3.63) is 52.0 Å². The first-order valence-corrected chi connectivity index (χ1v) is 11.0. The van der Waals surface area contributed by atoms with Crippen LogP contribution < -0.4 is 9.62 Å². The summed E-state index contributed by atoms with van der Waals surface area (Å²) in [5.74, 6) is 0.246. The normalized spacial score (nSPS) is 16.7. The van der Waals surface area contributed by atoms with E-state index in [1.807, 2.05) is 6.07 Å². The van der Waals surface area contributed by atoms with Crippen LogP contribution in [-0.2, 0) is 21.2 Å². The number of fused-ring (bicyclic) bond motifs is 1. The maximum Gasteiger partial charge on any atom is 0.263 e. The van der Waals surface area contributed by atoms with E-state index >= 15 is 0 Å². The van der Waals surface area contributed by atoms with E-state index in [2.05, 4.69) is 4.72 Å². The number of nitrogens with zero attached hydrogens (tertiary/aromatic N) is 1. The standard InChI is InChI=1S/C19H18Cl2N2O3S/c20-14-6-8-16(21)18(10-14)27(25,26)22-15-7-5-12-2-1-9-23(17(12)11-15)19(24)13-3-4-13/h5-8,10-11,13,22H,1-4,9H2. The smallest absolute Gasteiger partial charge is 0.263 e. The largest absolute Gasteiger partial charge is 0.312 e. The Balaban J connectivity index is 1.66. The second-order valence-corrected chi connectivity index (χ2v) is 9.39. The van der Waals surface area contributed by atoms with Crippen LogP contribution in [0.5, 0.6) is 0 Å². The summed E-state index contributed by atoms with van der Waals surface area (Å²) in [5.41, 5.74) is 2.23. The summed E-state index contributed by atoms with van der Waals surface area (Å²) in [6, 6.07) is 9.60. The number of amides is 1. The Bertz CT molecular complexity index is 1020. The third kappa shape index (κ3) is 3.79. The lowest BCUT2D eigenvalue weighted by molar-refractivity contribution is -0.119. The lowest BCUT2D eigenvalue weighted by atomic mass is 10.0. The number of rotatable bonds is 4. The fourth-order valence-corrected chi connectivity index (χ4v) is 5.12. The van der Waals surface area contributed by atoms with Gasteiger partial charge in [-0.1, -0.05) is 29.3 Å². The highest BCUT2D eigenvalue weighted by Gasteiger charge is 2.35. The zero-order valence-electron chi connectivity index (χ0n) is 14.4. The summed E-state index contributed by atoms with van der Waals surface area (Å²) in [4.78, 5) is 14.3. The predicted octanol–water partition coefficient (Wildman–Crippen LogP) is 4.48. The third-order valence-corrected chi connectivity index (χ3v) is 6.93. The molecule has 2 aromatic rings. The van der Waals surface area contributed by atoms with Gasteiger partial charge in [-0.3, -0.25) is 9.52 Å². The van der Waals surface area contributed by atoms with Crippen molar-refractivity contribution in [3.8, 4) is 0 Å². The van der Waals surface area contributed by atoms with Crippen LogP contribution in [0.15, 0.2) is 41.3 Å². The van der Waals surface area contributed by atoms with E-state index in [-0.39, 0.29) is 26.8 Å². The highest BCUT2D eigenvalue weighted by atomic mass is 35.5. The van der Waals surface area contributed by atoms with Crippen LogP contribution >= 0.6 is 23.2 Å². The first-order valence-electron chi connectivity index (χ1n) is 8.77. The number of carbonyl (C=O) groups is 1. The van der Waals surface area contributed by atoms with Crippen molar-refractivity contribution in [2.75, 3.05) is 16.2 Å². The molecule has 142 valence electrons. The number of halogens is 2. The zero-order valence-corrected chi connectivity index (χ0v) is 16.7. The first-order chi connectivity index (χ1) is 12.8. The fraction of sp³-hybridized carbons (Fsp3) is 0.316. The molecule has 0 spiro atoms. The topological polar surface area (TPSA) is 66.5 Å². The highest BCUT2D eigenvalue weighted by molar-refractivity contribution is 7.92. The second kappa shape index (κ2) is 7.00. The van der Waals surface area contributed by atoms with Crippen molar-refractivity contribution in [2.45, 2.75) is 30.6 Å². The van der Waals surface area contributed by atoms with Crippen LogP contribution in [0.1, 0.15) is 24.8 Å². The second-order valence-electron chi connectivity index (χ2n) is 6.89. The molecule has 8 heteroatoms. The van der Waals surface area contributed by atoms with Gasteiger partial charge < -0.3 is 4.90 Å². The Labute approximate surface area is 168 Å². The minimum absolute atomic E-state index is 0.0831. The number of carbonyl (C=O) groups excluding carboxylic acids is 1. The van der Waals surface area contributed by atoms with E-state index in [0.29, 0.717) is 12.2 Å².